The van der Waals surface area contributed by atoms with Crippen LogP contribution in [0, 0.1) is 11.3 Å². The first-order valence-electron chi connectivity index (χ1n) is 6.32. The number of hydrogen-bond acceptors (Lipinski definition) is 5. The number of pyridine rings is 1. The van der Waals surface area contributed by atoms with Crippen LogP contribution in [-0.2, 0) is 17.9 Å². The van der Waals surface area contributed by atoms with E-state index in [0.717, 1.165) is 5.56 Å². The summed E-state index contributed by atoms with van der Waals surface area (Å²) in [5.74, 6) is 0.177. The summed E-state index contributed by atoms with van der Waals surface area (Å²) in [5, 5.41) is 14.5. The van der Waals surface area contributed by atoms with E-state index in [0.29, 0.717) is 12.3 Å². The summed E-state index contributed by atoms with van der Waals surface area (Å²) < 4.78 is 5.10. The summed E-state index contributed by atoms with van der Waals surface area (Å²) in [6.45, 7) is 0.734. The third-order valence-electron chi connectivity index (χ3n) is 2.64. The zero-order chi connectivity index (χ0) is 14.9. The van der Waals surface area contributed by atoms with Crippen molar-refractivity contribution in [3.05, 3.63) is 66.0 Å². The molecule has 0 atom stereocenters. The minimum atomic E-state index is -0.451. The highest BCUT2D eigenvalue weighted by Gasteiger charge is 2.08. The minimum Gasteiger partial charge on any atom is -0.467 e. The molecule has 6 heteroatoms. The zero-order valence-corrected chi connectivity index (χ0v) is 11.2. The molecule has 0 radical (unpaired) electrons. The fourth-order valence-electron chi connectivity index (χ4n) is 1.60. The summed E-state index contributed by atoms with van der Waals surface area (Å²) in [6.07, 6.45) is 6.31. The van der Waals surface area contributed by atoms with Crippen LogP contribution >= 0.6 is 0 Å². The maximum atomic E-state index is 11.8. The second-order valence-electron chi connectivity index (χ2n) is 4.17. The Morgan fingerprint density at radius 3 is 2.95 bits per heavy atom. The van der Waals surface area contributed by atoms with Crippen molar-refractivity contribution in [1.29, 1.82) is 5.26 Å². The Kier molecular flexibility index (Phi) is 5.12. The predicted molar refractivity (Wildman–Crippen MR) is 75.3 cm³/mol. The van der Waals surface area contributed by atoms with E-state index in [1.165, 1.54) is 12.5 Å². The number of nitrogens with one attached hydrogen (secondary N) is 2. The van der Waals surface area contributed by atoms with Gasteiger partial charge >= 0.3 is 0 Å². The van der Waals surface area contributed by atoms with Gasteiger partial charge in [-0.2, -0.15) is 5.26 Å². The smallest absolute Gasteiger partial charge is 0.263 e. The van der Waals surface area contributed by atoms with Gasteiger partial charge in [0, 0.05) is 25.1 Å². The first-order valence-corrected chi connectivity index (χ1v) is 6.32. The van der Waals surface area contributed by atoms with E-state index in [4.69, 9.17) is 9.68 Å². The monoisotopic (exact) mass is 282 g/mol. The van der Waals surface area contributed by atoms with Crippen molar-refractivity contribution < 1.29 is 9.21 Å². The van der Waals surface area contributed by atoms with Crippen molar-refractivity contribution in [3.63, 3.8) is 0 Å². The van der Waals surface area contributed by atoms with Crippen LogP contribution in [0.15, 0.2) is 59.1 Å². The maximum absolute atomic E-state index is 11.8. The fraction of sp³-hybridized carbons (Fsp3) is 0.133. The molecule has 0 aromatic carbocycles. The van der Waals surface area contributed by atoms with Crippen LogP contribution in [0.5, 0.6) is 0 Å². The number of furan rings is 1. The van der Waals surface area contributed by atoms with Crippen LogP contribution in [0.3, 0.4) is 0 Å². The number of aromatic nitrogens is 1. The molecule has 0 unspecified atom stereocenters. The molecule has 6 nitrogen and oxygen atoms in total. The quantitative estimate of drug-likeness (QED) is 0.618. The molecule has 2 aromatic heterocycles. The minimum absolute atomic E-state index is 0.00504. The third kappa shape index (κ3) is 4.51. The number of carbonyl (C=O) groups is 1. The molecule has 2 aromatic rings. The van der Waals surface area contributed by atoms with Gasteiger partial charge in [0.1, 0.15) is 17.4 Å². The lowest BCUT2D eigenvalue weighted by molar-refractivity contribution is -0.117. The molecule has 0 saturated carbocycles. The largest absolute Gasteiger partial charge is 0.467 e. The number of carbonyl (C=O) groups excluding carboxylic acids is 1. The topological polar surface area (TPSA) is 91.0 Å². The summed E-state index contributed by atoms with van der Waals surface area (Å²) in [6, 6.07) is 9.06. The molecule has 0 saturated heterocycles. The standard InChI is InChI=1S/C15H14N4O2/c16-7-13(10-18-9-12-3-1-5-17-8-12)15(20)19-11-14-4-2-6-21-14/h1-6,8,10,18H,9,11H2,(H,19,20)/b13-10-. The molecule has 2 heterocycles. The molecule has 0 aliphatic heterocycles. The fourth-order valence-corrected chi connectivity index (χ4v) is 1.60. The van der Waals surface area contributed by atoms with Gasteiger partial charge in [-0.15, -0.1) is 0 Å². The normalized spacial score (nSPS) is 10.7. The van der Waals surface area contributed by atoms with Gasteiger partial charge in [0.15, 0.2) is 0 Å². The van der Waals surface area contributed by atoms with Crippen molar-refractivity contribution in [2.45, 2.75) is 13.1 Å². The molecule has 0 aliphatic rings. The molecule has 2 N–H and O–H groups in total. The highest BCUT2D eigenvalue weighted by Crippen LogP contribution is 2.00. The average molecular weight is 282 g/mol. The van der Waals surface area contributed by atoms with Gasteiger partial charge < -0.3 is 15.1 Å². The van der Waals surface area contributed by atoms with Gasteiger partial charge in [-0.05, 0) is 23.8 Å². The van der Waals surface area contributed by atoms with Crippen LogP contribution < -0.4 is 10.6 Å². The molecule has 0 fully saturated rings. The molecule has 0 bridgehead atoms. The lowest BCUT2D eigenvalue weighted by Crippen LogP contribution is -2.25. The van der Waals surface area contributed by atoms with Gasteiger partial charge in [-0.25, -0.2) is 0 Å². The second kappa shape index (κ2) is 7.50. The highest BCUT2D eigenvalue weighted by molar-refractivity contribution is 5.97. The van der Waals surface area contributed by atoms with Crippen molar-refractivity contribution in [1.82, 2.24) is 15.6 Å². The Morgan fingerprint density at radius 1 is 1.38 bits per heavy atom. The van der Waals surface area contributed by atoms with Crippen LogP contribution in [0.4, 0.5) is 0 Å². The van der Waals surface area contributed by atoms with E-state index < -0.39 is 5.91 Å². The van der Waals surface area contributed by atoms with Gasteiger partial charge in [0.05, 0.1) is 12.8 Å². The Morgan fingerprint density at radius 2 is 2.29 bits per heavy atom. The van der Waals surface area contributed by atoms with Crippen molar-refractivity contribution in [2.24, 2.45) is 0 Å². The summed E-state index contributed by atoms with van der Waals surface area (Å²) in [5.41, 5.74) is 0.965. The number of nitrogens with zero attached hydrogens (tertiary/aromatic N) is 2. The molecular weight excluding hydrogens is 268 g/mol. The van der Waals surface area contributed by atoms with Gasteiger partial charge in [0.25, 0.3) is 5.91 Å². The maximum Gasteiger partial charge on any atom is 0.263 e. The average Bonchev–Trinajstić information content (AvgIpc) is 3.04. The molecule has 0 spiro atoms. The van der Waals surface area contributed by atoms with Gasteiger partial charge in [0.2, 0.25) is 0 Å². The molecule has 106 valence electrons. The number of amides is 1. The molecular formula is C15H14N4O2. The Labute approximate surface area is 122 Å². The van der Waals surface area contributed by atoms with Crippen LogP contribution in [0.25, 0.3) is 0 Å². The van der Waals surface area contributed by atoms with E-state index in [9.17, 15) is 4.79 Å². The molecule has 0 aliphatic carbocycles. The van der Waals surface area contributed by atoms with E-state index >= 15 is 0 Å². The van der Waals surface area contributed by atoms with Crippen molar-refractivity contribution in [2.75, 3.05) is 0 Å². The van der Waals surface area contributed by atoms with Crippen molar-refractivity contribution >= 4 is 5.91 Å². The highest BCUT2D eigenvalue weighted by atomic mass is 16.3. The Balaban J connectivity index is 1.85. The summed E-state index contributed by atoms with van der Waals surface area (Å²) >= 11 is 0. The van der Waals surface area contributed by atoms with Crippen molar-refractivity contribution in [3.8, 4) is 6.07 Å². The van der Waals surface area contributed by atoms with E-state index in [1.54, 1.807) is 24.5 Å². The summed E-state index contributed by atoms with van der Waals surface area (Å²) in [4.78, 5) is 15.8. The van der Waals surface area contributed by atoms with E-state index in [2.05, 4.69) is 15.6 Å². The summed E-state index contributed by atoms with van der Waals surface area (Å²) in [7, 11) is 0. The first kappa shape index (κ1) is 14.3. The lowest BCUT2D eigenvalue weighted by atomic mass is 10.2. The van der Waals surface area contributed by atoms with Gasteiger partial charge in [-0.3, -0.25) is 9.78 Å². The Hall–Kier alpha value is -3.07. The predicted octanol–water partition coefficient (Wildman–Crippen LogP) is 1.49. The number of hydrogen-bond donors (Lipinski definition) is 2. The zero-order valence-electron chi connectivity index (χ0n) is 11.2. The van der Waals surface area contributed by atoms with E-state index in [1.807, 2.05) is 18.2 Å². The van der Waals surface area contributed by atoms with Crippen LogP contribution in [0.2, 0.25) is 0 Å². The lowest BCUT2D eigenvalue weighted by Gasteiger charge is -2.03. The number of nitriles is 1. The third-order valence-corrected chi connectivity index (χ3v) is 2.64. The number of rotatable bonds is 6. The molecule has 21 heavy (non-hydrogen) atoms. The first-order chi connectivity index (χ1) is 10.3. The Bertz CT molecular complexity index is 642. The van der Waals surface area contributed by atoms with Crippen LogP contribution in [0.1, 0.15) is 11.3 Å². The van der Waals surface area contributed by atoms with E-state index in [-0.39, 0.29) is 12.1 Å². The SMILES string of the molecule is N#C/C(=C/NCc1cccnc1)C(=O)NCc1ccco1. The molecule has 2 rings (SSSR count). The van der Waals surface area contributed by atoms with Gasteiger partial charge in [-0.1, -0.05) is 6.07 Å². The van der Waals surface area contributed by atoms with Crippen LogP contribution in [-0.4, -0.2) is 10.9 Å². The second-order valence-corrected chi connectivity index (χ2v) is 4.17. The molecule has 1 amide bonds.